The molecule has 0 N–H and O–H groups in total. The van der Waals surface area contributed by atoms with E-state index in [2.05, 4.69) is 0 Å². The number of hydrogen-bond acceptors (Lipinski definition) is 5. The van der Waals surface area contributed by atoms with E-state index in [0.717, 1.165) is 17.1 Å². The van der Waals surface area contributed by atoms with E-state index >= 15 is 0 Å². The summed E-state index contributed by atoms with van der Waals surface area (Å²) in [6, 6.07) is 8.97. The summed E-state index contributed by atoms with van der Waals surface area (Å²) in [6.07, 6.45) is 0.702. The zero-order chi connectivity index (χ0) is 19.9. The quantitative estimate of drug-likeness (QED) is 0.652. The molecule has 28 heavy (non-hydrogen) atoms. The average Bonchev–Trinajstić information content (AvgIpc) is 2.98. The van der Waals surface area contributed by atoms with E-state index in [1.165, 1.54) is 10.4 Å². The van der Waals surface area contributed by atoms with Crippen molar-refractivity contribution in [2.24, 2.45) is 0 Å². The predicted octanol–water partition coefficient (Wildman–Crippen LogP) is 4.90. The maximum atomic E-state index is 13.2. The summed E-state index contributed by atoms with van der Waals surface area (Å²) >= 11 is 14.0. The molecule has 1 atom stereocenters. The standard InChI is InChI=1S/C19H19Cl2NO4S2/c1-12-8-19(15(21)10-14(12)20)28(23,24)22-5-4-18(27-7-6-22)13-2-3-16-17(9-13)26-11-25-16/h2-3,8-10,18H,4-7,11H2,1H3. The zero-order valence-electron chi connectivity index (χ0n) is 15.2. The van der Waals surface area contributed by atoms with Crippen LogP contribution < -0.4 is 9.47 Å². The van der Waals surface area contributed by atoms with E-state index in [9.17, 15) is 8.42 Å². The van der Waals surface area contributed by atoms with E-state index in [0.29, 0.717) is 35.8 Å². The topological polar surface area (TPSA) is 55.8 Å². The highest BCUT2D eigenvalue weighted by Gasteiger charge is 2.31. The van der Waals surface area contributed by atoms with Crippen LogP contribution >= 0.6 is 35.0 Å². The van der Waals surface area contributed by atoms with E-state index in [-0.39, 0.29) is 22.0 Å². The minimum atomic E-state index is -3.69. The van der Waals surface area contributed by atoms with Gasteiger partial charge in [-0.3, -0.25) is 0 Å². The van der Waals surface area contributed by atoms with E-state index in [1.54, 1.807) is 24.8 Å². The molecule has 0 amide bonds. The van der Waals surface area contributed by atoms with Crippen molar-refractivity contribution in [2.75, 3.05) is 25.6 Å². The molecule has 2 aliphatic rings. The highest BCUT2D eigenvalue weighted by Crippen LogP contribution is 2.41. The summed E-state index contributed by atoms with van der Waals surface area (Å²) in [4.78, 5) is 0.114. The lowest BCUT2D eigenvalue weighted by Crippen LogP contribution is -2.33. The van der Waals surface area contributed by atoms with Crippen LogP contribution in [0.5, 0.6) is 11.5 Å². The first kappa shape index (κ1) is 20.2. The minimum absolute atomic E-state index is 0.114. The summed E-state index contributed by atoms with van der Waals surface area (Å²) in [5, 5.41) is 0.801. The fourth-order valence-electron chi connectivity index (χ4n) is 3.34. The molecule has 0 aliphatic carbocycles. The number of hydrogen-bond donors (Lipinski definition) is 0. The fourth-order valence-corrected chi connectivity index (χ4v) is 6.94. The SMILES string of the molecule is Cc1cc(S(=O)(=O)N2CCSC(c3ccc4c(c3)OCO4)CC2)c(Cl)cc1Cl. The van der Waals surface area contributed by atoms with Crippen LogP contribution in [0.2, 0.25) is 10.0 Å². The molecular weight excluding hydrogens is 441 g/mol. The third kappa shape index (κ3) is 3.83. The molecule has 2 aliphatic heterocycles. The van der Waals surface area contributed by atoms with E-state index < -0.39 is 10.0 Å². The van der Waals surface area contributed by atoms with Gasteiger partial charge in [0.1, 0.15) is 4.90 Å². The van der Waals surface area contributed by atoms with Gasteiger partial charge in [-0.05, 0) is 48.7 Å². The van der Waals surface area contributed by atoms with Crippen LogP contribution in [0.15, 0.2) is 35.2 Å². The molecule has 4 rings (SSSR count). The lowest BCUT2D eigenvalue weighted by molar-refractivity contribution is 0.174. The second-order valence-corrected chi connectivity index (χ2v) is 10.7. The molecule has 9 heteroatoms. The monoisotopic (exact) mass is 459 g/mol. The number of thioether (sulfide) groups is 1. The van der Waals surface area contributed by atoms with Gasteiger partial charge in [0.05, 0.1) is 5.02 Å². The Kier molecular flexibility index (Phi) is 5.73. The van der Waals surface area contributed by atoms with Crippen molar-refractivity contribution < 1.29 is 17.9 Å². The minimum Gasteiger partial charge on any atom is -0.454 e. The van der Waals surface area contributed by atoms with Crippen molar-refractivity contribution in [2.45, 2.75) is 23.5 Å². The van der Waals surface area contributed by atoms with Gasteiger partial charge in [-0.25, -0.2) is 8.42 Å². The van der Waals surface area contributed by atoms with Crippen molar-refractivity contribution in [3.8, 4) is 11.5 Å². The van der Waals surface area contributed by atoms with Crippen molar-refractivity contribution in [1.29, 1.82) is 0 Å². The number of fused-ring (bicyclic) bond motifs is 1. The van der Waals surface area contributed by atoms with Gasteiger partial charge in [-0.1, -0.05) is 29.3 Å². The molecular formula is C19H19Cl2NO4S2. The van der Waals surface area contributed by atoms with Gasteiger partial charge in [0.15, 0.2) is 11.5 Å². The van der Waals surface area contributed by atoms with Gasteiger partial charge in [0.2, 0.25) is 16.8 Å². The molecule has 1 saturated heterocycles. The second kappa shape index (κ2) is 7.95. The Morgan fingerprint density at radius 2 is 1.86 bits per heavy atom. The van der Waals surface area contributed by atoms with Gasteiger partial charge in [-0.15, -0.1) is 0 Å². The van der Waals surface area contributed by atoms with Crippen molar-refractivity contribution in [1.82, 2.24) is 4.31 Å². The smallest absolute Gasteiger partial charge is 0.244 e. The number of nitrogens with zero attached hydrogens (tertiary/aromatic N) is 1. The number of sulfonamides is 1. The third-order valence-electron chi connectivity index (χ3n) is 4.90. The summed E-state index contributed by atoms with van der Waals surface area (Å²) in [5.74, 6) is 2.19. The van der Waals surface area contributed by atoms with Gasteiger partial charge >= 0.3 is 0 Å². The lowest BCUT2D eigenvalue weighted by Gasteiger charge is -2.21. The van der Waals surface area contributed by atoms with Crippen LogP contribution in [0.4, 0.5) is 0 Å². The fraction of sp³-hybridized carbons (Fsp3) is 0.368. The average molecular weight is 460 g/mol. The molecule has 0 spiro atoms. The molecule has 1 fully saturated rings. The highest BCUT2D eigenvalue weighted by atomic mass is 35.5. The number of ether oxygens (including phenoxy) is 2. The Labute approximate surface area is 179 Å². The van der Waals surface area contributed by atoms with Gasteiger partial charge in [0.25, 0.3) is 0 Å². The van der Waals surface area contributed by atoms with E-state index in [1.807, 2.05) is 18.2 Å². The highest BCUT2D eigenvalue weighted by molar-refractivity contribution is 7.99. The van der Waals surface area contributed by atoms with Gasteiger partial charge in [-0.2, -0.15) is 16.1 Å². The molecule has 0 saturated carbocycles. The van der Waals surface area contributed by atoms with Crippen molar-refractivity contribution >= 4 is 45.0 Å². The van der Waals surface area contributed by atoms with Gasteiger partial charge in [0, 0.05) is 29.1 Å². The van der Waals surface area contributed by atoms with Crippen molar-refractivity contribution in [3.63, 3.8) is 0 Å². The number of benzene rings is 2. The maximum absolute atomic E-state index is 13.2. The summed E-state index contributed by atoms with van der Waals surface area (Å²) in [5.41, 5.74) is 1.81. The Balaban J connectivity index is 1.54. The van der Waals surface area contributed by atoms with Crippen molar-refractivity contribution in [3.05, 3.63) is 51.5 Å². The predicted molar refractivity (Wildman–Crippen MR) is 112 cm³/mol. The first-order valence-corrected chi connectivity index (χ1v) is 12.1. The molecule has 150 valence electrons. The molecule has 0 bridgehead atoms. The number of rotatable bonds is 3. The normalized spacial score (nSPS) is 20.2. The van der Waals surface area contributed by atoms with Crippen LogP contribution in [0.25, 0.3) is 0 Å². The first-order valence-electron chi connectivity index (χ1n) is 8.83. The van der Waals surface area contributed by atoms with Crippen LogP contribution in [0.3, 0.4) is 0 Å². The molecule has 5 nitrogen and oxygen atoms in total. The first-order chi connectivity index (χ1) is 13.4. The Hall–Kier alpha value is -1.12. The van der Waals surface area contributed by atoms with Gasteiger partial charge < -0.3 is 9.47 Å². The Morgan fingerprint density at radius 1 is 1.07 bits per heavy atom. The third-order valence-corrected chi connectivity index (χ3v) is 9.00. The maximum Gasteiger partial charge on any atom is 0.244 e. The second-order valence-electron chi connectivity index (χ2n) is 6.70. The van der Waals surface area contributed by atoms with Crippen LogP contribution in [-0.4, -0.2) is 38.4 Å². The Bertz CT molecular complexity index is 1010. The van der Waals surface area contributed by atoms with Crippen LogP contribution in [0, 0.1) is 6.92 Å². The Morgan fingerprint density at radius 3 is 2.68 bits per heavy atom. The zero-order valence-corrected chi connectivity index (χ0v) is 18.3. The summed E-state index contributed by atoms with van der Waals surface area (Å²) in [6.45, 7) is 2.87. The summed E-state index contributed by atoms with van der Waals surface area (Å²) < 4.78 is 38.7. The number of halogens is 2. The summed E-state index contributed by atoms with van der Waals surface area (Å²) in [7, 11) is -3.69. The molecule has 1 unspecified atom stereocenters. The van der Waals surface area contributed by atoms with E-state index in [4.69, 9.17) is 32.7 Å². The molecule has 2 aromatic rings. The van der Waals surface area contributed by atoms with Crippen LogP contribution in [-0.2, 0) is 10.0 Å². The molecule has 0 aromatic heterocycles. The molecule has 2 heterocycles. The molecule has 2 aromatic carbocycles. The van der Waals surface area contributed by atoms with Crippen LogP contribution in [0.1, 0.15) is 22.8 Å². The molecule has 0 radical (unpaired) electrons. The largest absolute Gasteiger partial charge is 0.454 e. The number of aryl methyl sites for hydroxylation is 1. The lowest BCUT2D eigenvalue weighted by atomic mass is 10.1.